The molecule has 2 saturated heterocycles. The van der Waals surface area contributed by atoms with E-state index in [9.17, 15) is 14.4 Å². The SMILES string of the molecule is COc1cccc(C(=O)NC2CCN(C(=O)c3c[nH]c(C(=O)N4CCCC4)c3)CC2)c1. The van der Waals surface area contributed by atoms with Gasteiger partial charge in [0.2, 0.25) is 0 Å². The molecule has 0 radical (unpaired) electrons. The Kier molecular flexibility index (Phi) is 6.25. The average Bonchev–Trinajstić information content (AvgIpc) is 3.51. The van der Waals surface area contributed by atoms with Crippen LogP contribution in [0.25, 0.3) is 0 Å². The van der Waals surface area contributed by atoms with Gasteiger partial charge in [0.25, 0.3) is 17.7 Å². The Bertz CT molecular complexity index is 956. The summed E-state index contributed by atoms with van der Waals surface area (Å²) in [6.07, 6.45) is 5.04. The molecule has 2 aliphatic heterocycles. The van der Waals surface area contributed by atoms with E-state index in [2.05, 4.69) is 10.3 Å². The normalized spacial score (nSPS) is 16.9. The molecule has 1 aromatic carbocycles. The van der Waals surface area contributed by atoms with Crippen molar-refractivity contribution in [2.75, 3.05) is 33.3 Å². The third-order valence-electron chi connectivity index (χ3n) is 6.00. The van der Waals surface area contributed by atoms with E-state index < -0.39 is 0 Å². The molecule has 8 heteroatoms. The Morgan fingerprint density at radius 1 is 0.968 bits per heavy atom. The first-order chi connectivity index (χ1) is 15.0. The zero-order valence-corrected chi connectivity index (χ0v) is 17.7. The van der Waals surface area contributed by atoms with Gasteiger partial charge in [0.15, 0.2) is 0 Å². The molecule has 0 aliphatic carbocycles. The summed E-state index contributed by atoms with van der Waals surface area (Å²) < 4.78 is 5.17. The summed E-state index contributed by atoms with van der Waals surface area (Å²) in [5.74, 6) is 0.367. The molecule has 4 rings (SSSR count). The van der Waals surface area contributed by atoms with Crippen LogP contribution in [0.1, 0.15) is 56.9 Å². The number of carbonyl (C=O) groups excluding carboxylic acids is 3. The molecule has 0 atom stereocenters. The highest BCUT2D eigenvalue weighted by atomic mass is 16.5. The quantitative estimate of drug-likeness (QED) is 0.770. The lowest BCUT2D eigenvalue weighted by atomic mass is 10.0. The number of methoxy groups -OCH3 is 1. The molecule has 0 spiro atoms. The maximum absolute atomic E-state index is 12.9. The van der Waals surface area contributed by atoms with Crippen LogP contribution < -0.4 is 10.1 Å². The van der Waals surface area contributed by atoms with Crippen molar-refractivity contribution in [1.29, 1.82) is 0 Å². The standard InChI is InChI=1S/C23H28N4O4/c1-31-19-6-4-5-16(13-19)21(28)25-18-7-11-27(12-8-18)22(29)17-14-20(24-15-17)23(30)26-9-2-3-10-26/h4-6,13-15,18,24H,2-3,7-12H2,1H3,(H,25,28). The lowest BCUT2D eigenvalue weighted by Crippen LogP contribution is -2.46. The van der Waals surface area contributed by atoms with Crippen LogP contribution >= 0.6 is 0 Å². The predicted molar refractivity (Wildman–Crippen MR) is 115 cm³/mol. The summed E-state index contributed by atoms with van der Waals surface area (Å²) in [6, 6.07) is 8.71. The molecule has 0 saturated carbocycles. The van der Waals surface area contributed by atoms with E-state index in [1.54, 1.807) is 48.5 Å². The van der Waals surface area contributed by atoms with Gasteiger partial charge >= 0.3 is 0 Å². The molecular formula is C23H28N4O4. The van der Waals surface area contributed by atoms with E-state index in [-0.39, 0.29) is 23.8 Å². The number of hydrogen-bond donors (Lipinski definition) is 2. The van der Waals surface area contributed by atoms with Gasteiger partial charge in [-0.3, -0.25) is 14.4 Å². The second-order valence-electron chi connectivity index (χ2n) is 8.07. The Balaban J connectivity index is 1.30. The molecule has 3 amide bonds. The monoisotopic (exact) mass is 424 g/mol. The Morgan fingerprint density at radius 3 is 2.39 bits per heavy atom. The van der Waals surface area contributed by atoms with Crippen molar-refractivity contribution in [3.63, 3.8) is 0 Å². The Hall–Kier alpha value is -3.29. The van der Waals surface area contributed by atoms with E-state index in [4.69, 9.17) is 4.74 Å². The first-order valence-electron chi connectivity index (χ1n) is 10.8. The number of likely N-dealkylation sites (tertiary alicyclic amines) is 2. The largest absolute Gasteiger partial charge is 0.497 e. The Morgan fingerprint density at radius 2 is 1.68 bits per heavy atom. The number of piperidine rings is 1. The molecule has 2 aromatic rings. The van der Waals surface area contributed by atoms with E-state index in [0.717, 1.165) is 25.9 Å². The number of hydrogen-bond acceptors (Lipinski definition) is 4. The fraction of sp³-hybridized carbons (Fsp3) is 0.435. The molecule has 2 aliphatic rings. The van der Waals surface area contributed by atoms with E-state index >= 15 is 0 Å². The first-order valence-corrected chi connectivity index (χ1v) is 10.8. The van der Waals surface area contributed by atoms with Crippen LogP contribution in [0.3, 0.4) is 0 Å². The lowest BCUT2D eigenvalue weighted by Gasteiger charge is -2.32. The molecule has 164 valence electrons. The maximum atomic E-state index is 12.9. The van der Waals surface area contributed by atoms with Gasteiger partial charge in [-0.2, -0.15) is 0 Å². The van der Waals surface area contributed by atoms with Crippen molar-refractivity contribution in [1.82, 2.24) is 20.1 Å². The zero-order valence-electron chi connectivity index (χ0n) is 17.7. The van der Waals surface area contributed by atoms with Crippen LogP contribution in [0, 0.1) is 0 Å². The molecular weight excluding hydrogens is 396 g/mol. The van der Waals surface area contributed by atoms with Gasteiger partial charge in [-0.1, -0.05) is 6.07 Å². The van der Waals surface area contributed by atoms with E-state index in [0.29, 0.717) is 48.5 Å². The number of amides is 3. The summed E-state index contributed by atoms with van der Waals surface area (Å²) in [7, 11) is 1.57. The highest BCUT2D eigenvalue weighted by molar-refractivity contribution is 5.99. The van der Waals surface area contributed by atoms with Gasteiger partial charge in [-0.25, -0.2) is 0 Å². The molecule has 0 unspecified atom stereocenters. The second-order valence-corrected chi connectivity index (χ2v) is 8.07. The van der Waals surface area contributed by atoms with Gasteiger partial charge in [0.05, 0.1) is 12.7 Å². The van der Waals surface area contributed by atoms with Gasteiger partial charge in [0, 0.05) is 44.0 Å². The summed E-state index contributed by atoms with van der Waals surface area (Å²) in [5.41, 5.74) is 1.52. The average molecular weight is 425 g/mol. The second kappa shape index (κ2) is 9.24. The number of nitrogens with zero attached hydrogens (tertiary/aromatic N) is 2. The fourth-order valence-electron chi connectivity index (χ4n) is 4.17. The predicted octanol–water partition coefficient (Wildman–Crippen LogP) is 2.29. The summed E-state index contributed by atoms with van der Waals surface area (Å²) >= 11 is 0. The van der Waals surface area contributed by atoms with Crippen molar-refractivity contribution in [3.05, 3.63) is 53.3 Å². The molecule has 1 aromatic heterocycles. The smallest absolute Gasteiger partial charge is 0.270 e. The molecule has 31 heavy (non-hydrogen) atoms. The van der Waals surface area contributed by atoms with Crippen LogP contribution in [-0.2, 0) is 0 Å². The summed E-state index contributed by atoms with van der Waals surface area (Å²) in [6.45, 7) is 2.66. The molecule has 8 nitrogen and oxygen atoms in total. The molecule has 3 heterocycles. The topological polar surface area (TPSA) is 94.7 Å². The number of rotatable bonds is 5. The van der Waals surface area contributed by atoms with Crippen molar-refractivity contribution in [2.45, 2.75) is 31.7 Å². The lowest BCUT2D eigenvalue weighted by molar-refractivity contribution is 0.0698. The van der Waals surface area contributed by atoms with Crippen molar-refractivity contribution < 1.29 is 19.1 Å². The Labute approximate surface area is 181 Å². The third-order valence-corrected chi connectivity index (χ3v) is 6.00. The number of nitrogens with one attached hydrogen (secondary N) is 2. The van der Waals surface area contributed by atoms with Crippen molar-refractivity contribution >= 4 is 17.7 Å². The summed E-state index contributed by atoms with van der Waals surface area (Å²) in [5, 5.41) is 3.05. The maximum Gasteiger partial charge on any atom is 0.270 e. The number of aromatic amines is 1. The minimum absolute atomic E-state index is 0.0151. The van der Waals surface area contributed by atoms with E-state index in [1.807, 2.05) is 4.90 Å². The van der Waals surface area contributed by atoms with Gasteiger partial charge < -0.3 is 24.8 Å². The highest BCUT2D eigenvalue weighted by Crippen LogP contribution is 2.18. The number of H-pyrrole nitrogens is 1. The molecule has 2 fully saturated rings. The van der Waals surface area contributed by atoms with Crippen LogP contribution in [0.15, 0.2) is 36.5 Å². The van der Waals surface area contributed by atoms with Crippen LogP contribution in [-0.4, -0.2) is 71.8 Å². The fourth-order valence-corrected chi connectivity index (χ4v) is 4.17. The van der Waals surface area contributed by atoms with Gasteiger partial charge in [-0.05, 0) is 49.9 Å². The minimum atomic E-state index is -0.139. The zero-order chi connectivity index (χ0) is 21.8. The van der Waals surface area contributed by atoms with E-state index in [1.165, 1.54) is 0 Å². The van der Waals surface area contributed by atoms with Gasteiger partial charge in [-0.15, -0.1) is 0 Å². The summed E-state index contributed by atoms with van der Waals surface area (Å²) in [4.78, 5) is 44.4. The third kappa shape index (κ3) is 4.73. The number of carbonyl (C=O) groups is 3. The highest BCUT2D eigenvalue weighted by Gasteiger charge is 2.27. The van der Waals surface area contributed by atoms with Crippen LogP contribution in [0.4, 0.5) is 0 Å². The number of ether oxygens (including phenoxy) is 1. The molecule has 2 N–H and O–H groups in total. The molecule has 0 bridgehead atoms. The van der Waals surface area contributed by atoms with Crippen LogP contribution in [0.2, 0.25) is 0 Å². The number of aromatic nitrogens is 1. The minimum Gasteiger partial charge on any atom is -0.497 e. The van der Waals surface area contributed by atoms with Crippen LogP contribution in [0.5, 0.6) is 5.75 Å². The first kappa shape index (κ1) is 21.0. The van der Waals surface area contributed by atoms with Crippen molar-refractivity contribution in [3.8, 4) is 5.75 Å². The number of benzene rings is 1. The van der Waals surface area contributed by atoms with Crippen molar-refractivity contribution in [2.24, 2.45) is 0 Å². The van der Waals surface area contributed by atoms with Gasteiger partial charge in [0.1, 0.15) is 11.4 Å².